The van der Waals surface area contributed by atoms with Crippen LogP contribution in [0.4, 0.5) is 0 Å². The normalized spacial score (nSPS) is 11.7. The molecule has 0 saturated heterocycles. The van der Waals surface area contributed by atoms with Gasteiger partial charge in [-0.2, -0.15) is 0 Å². The third-order valence-electron chi connectivity index (χ3n) is 2.84. The number of hydrogen-bond acceptors (Lipinski definition) is 4. The minimum Gasteiger partial charge on any atom is -0.496 e. The van der Waals surface area contributed by atoms with Crippen molar-refractivity contribution in [2.24, 2.45) is 0 Å². The lowest BCUT2D eigenvalue weighted by Crippen LogP contribution is -2.35. The summed E-state index contributed by atoms with van der Waals surface area (Å²) in [5, 5.41) is 3.41. The average Bonchev–Trinajstić information content (AvgIpc) is 2.83. The van der Waals surface area contributed by atoms with Crippen molar-refractivity contribution in [3.8, 4) is 17.1 Å². The number of nitrogens with one attached hydrogen (secondary N) is 1. The molecule has 0 aliphatic rings. The molecule has 2 rings (SSSR count). The third-order valence-corrected chi connectivity index (χ3v) is 3.46. The van der Waals surface area contributed by atoms with Crippen molar-refractivity contribution in [1.29, 1.82) is 0 Å². The van der Waals surface area contributed by atoms with Crippen molar-refractivity contribution in [1.82, 2.24) is 10.3 Å². The monoisotopic (exact) mass is 338 g/mol. The lowest BCUT2D eigenvalue weighted by Gasteiger charge is -2.19. The van der Waals surface area contributed by atoms with Crippen LogP contribution in [0.5, 0.6) is 5.75 Å². The first-order chi connectivity index (χ1) is 9.40. The van der Waals surface area contributed by atoms with Gasteiger partial charge in [0.2, 0.25) is 0 Å². The molecule has 1 heterocycles. The van der Waals surface area contributed by atoms with E-state index in [1.807, 2.05) is 18.2 Å². The Kier molecular flexibility index (Phi) is 4.50. The maximum atomic E-state index is 5.53. The number of hydrogen-bond donors (Lipinski definition) is 1. The summed E-state index contributed by atoms with van der Waals surface area (Å²) >= 11 is 3.49. The molecule has 2 aromatic rings. The SMILES string of the molecule is COc1ccc(-c2ocnc2CNC(C)(C)C)cc1Br. The number of oxazole rings is 1. The van der Waals surface area contributed by atoms with Crippen LogP contribution in [0, 0.1) is 0 Å². The molecule has 0 aliphatic heterocycles. The van der Waals surface area contributed by atoms with Crippen LogP contribution in [0.15, 0.2) is 33.5 Å². The van der Waals surface area contributed by atoms with Crippen LogP contribution < -0.4 is 10.1 Å². The molecule has 0 unspecified atom stereocenters. The smallest absolute Gasteiger partial charge is 0.181 e. The van der Waals surface area contributed by atoms with Gasteiger partial charge in [-0.25, -0.2) is 4.98 Å². The predicted molar refractivity (Wildman–Crippen MR) is 82.8 cm³/mol. The Balaban J connectivity index is 2.25. The van der Waals surface area contributed by atoms with Gasteiger partial charge in [-0.05, 0) is 54.9 Å². The van der Waals surface area contributed by atoms with E-state index in [1.54, 1.807) is 7.11 Å². The van der Waals surface area contributed by atoms with Crippen molar-refractivity contribution in [3.63, 3.8) is 0 Å². The van der Waals surface area contributed by atoms with Gasteiger partial charge >= 0.3 is 0 Å². The molecule has 108 valence electrons. The highest BCUT2D eigenvalue weighted by atomic mass is 79.9. The fourth-order valence-electron chi connectivity index (χ4n) is 1.79. The van der Waals surface area contributed by atoms with Crippen LogP contribution in [-0.4, -0.2) is 17.6 Å². The van der Waals surface area contributed by atoms with Gasteiger partial charge in [-0.15, -0.1) is 0 Å². The molecular formula is C15H19BrN2O2. The summed E-state index contributed by atoms with van der Waals surface area (Å²) in [6, 6.07) is 5.84. The van der Waals surface area contributed by atoms with Crippen LogP contribution >= 0.6 is 15.9 Å². The lowest BCUT2D eigenvalue weighted by atomic mass is 10.1. The number of halogens is 1. The van der Waals surface area contributed by atoms with Crippen molar-refractivity contribution < 1.29 is 9.15 Å². The Labute approximate surface area is 127 Å². The highest BCUT2D eigenvalue weighted by Gasteiger charge is 2.15. The van der Waals surface area contributed by atoms with E-state index in [-0.39, 0.29) is 5.54 Å². The average molecular weight is 339 g/mol. The summed E-state index contributed by atoms with van der Waals surface area (Å²) in [6.07, 6.45) is 1.48. The first-order valence-electron chi connectivity index (χ1n) is 6.42. The number of rotatable bonds is 4. The minimum atomic E-state index is 0.0384. The summed E-state index contributed by atoms with van der Waals surface area (Å²) in [4.78, 5) is 4.29. The summed E-state index contributed by atoms with van der Waals surface area (Å²) in [5.74, 6) is 1.58. The molecular weight excluding hydrogens is 320 g/mol. The van der Waals surface area contributed by atoms with Crippen LogP contribution in [0.3, 0.4) is 0 Å². The molecule has 1 aromatic carbocycles. The molecule has 0 fully saturated rings. The van der Waals surface area contributed by atoms with Gasteiger partial charge in [0.1, 0.15) is 11.4 Å². The maximum absolute atomic E-state index is 5.53. The summed E-state index contributed by atoms with van der Waals surface area (Å²) in [5.41, 5.74) is 1.91. The van der Waals surface area contributed by atoms with Crippen molar-refractivity contribution in [2.75, 3.05) is 7.11 Å². The minimum absolute atomic E-state index is 0.0384. The van der Waals surface area contributed by atoms with Gasteiger partial charge in [0.15, 0.2) is 12.2 Å². The Morgan fingerprint density at radius 2 is 2.10 bits per heavy atom. The summed E-state index contributed by atoms with van der Waals surface area (Å²) in [6.45, 7) is 7.03. The van der Waals surface area contributed by atoms with E-state index in [1.165, 1.54) is 6.39 Å². The topological polar surface area (TPSA) is 47.3 Å². The molecule has 1 N–H and O–H groups in total. The molecule has 4 nitrogen and oxygen atoms in total. The number of methoxy groups -OCH3 is 1. The molecule has 0 spiro atoms. The van der Waals surface area contributed by atoms with Gasteiger partial charge in [0.05, 0.1) is 11.6 Å². The Bertz CT molecular complexity index is 588. The second-order valence-electron chi connectivity index (χ2n) is 5.58. The number of nitrogens with zero attached hydrogens (tertiary/aromatic N) is 1. The molecule has 0 aliphatic carbocycles. The number of ether oxygens (including phenoxy) is 1. The summed E-state index contributed by atoms with van der Waals surface area (Å²) in [7, 11) is 1.65. The van der Waals surface area contributed by atoms with E-state index in [4.69, 9.17) is 9.15 Å². The molecule has 20 heavy (non-hydrogen) atoms. The molecule has 0 radical (unpaired) electrons. The van der Waals surface area contributed by atoms with Gasteiger partial charge in [0.25, 0.3) is 0 Å². The quantitative estimate of drug-likeness (QED) is 0.915. The van der Waals surface area contributed by atoms with Crippen molar-refractivity contribution >= 4 is 15.9 Å². The molecule has 0 bridgehead atoms. The van der Waals surface area contributed by atoms with Crippen molar-refractivity contribution in [2.45, 2.75) is 32.9 Å². The van der Waals surface area contributed by atoms with E-state index in [0.29, 0.717) is 6.54 Å². The first kappa shape index (κ1) is 15.1. The molecule has 5 heteroatoms. The second-order valence-corrected chi connectivity index (χ2v) is 6.44. The van der Waals surface area contributed by atoms with E-state index < -0.39 is 0 Å². The van der Waals surface area contributed by atoms with Gasteiger partial charge in [-0.1, -0.05) is 0 Å². The van der Waals surface area contributed by atoms with Crippen molar-refractivity contribution in [3.05, 3.63) is 34.8 Å². The number of benzene rings is 1. The molecule has 0 atom stereocenters. The Morgan fingerprint density at radius 3 is 2.70 bits per heavy atom. The third kappa shape index (κ3) is 3.61. The maximum Gasteiger partial charge on any atom is 0.181 e. The highest BCUT2D eigenvalue weighted by Crippen LogP contribution is 2.31. The first-order valence-corrected chi connectivity index (χ1v) is 7.21. The van der Waals surface area contributed by atoms with E-state index in [0.717, 1.165) is 27.2 Å². The van der Waals surface area contributed by atoms with Crippen LogP contribution in [-0.2, 0) is 6.54 Å². The predicted octanol–water partition coefficient (Wildman–Crippen LogP) is 4.00. The molecule has 0 saturated carbocycles. The van der Waals surface area contributed by atoms with E-state index in [9.17, 15) is 0 Å². The number of aromatic nitrogens is 1. The standard InChI is InChI=1S/C15H19BrN2O2/c1-15(2,3)18-8-12-14(20-9-17-12)10-5-6-13(19-4)11(16)7-10/h5-7,9,18H,8H2,1-4H3. The van der Waals surface area contributed by atoms with Crippen LogP contribution in [0.2, 0.25) is 0 Å². The fraction of sp³-hybridized carbons (Fsp3) is 0.400. The molecule has 1 aromatic heterocycles. The van der Waals surface area contributed by atoms with E-state index >= 15 is 0 Å². The largest absolute Gasteiger partial charge is 0.496 e. The Hall–Kier alpha value is -1.33. The Morgan fingerprint density at radius 1 is 1.35 bits per heavy atom. The van der Waals surface area contributed by atoms with Crippen LogP contribution in [0.25, 0.3) is 11.3 Å². The van der Waals surface area contributed by atoms with Gasteiger partial charge in [-0.3, -0.25) is 0 Å². The fourth-order valence-corrected chi connectivity index (χ4v) is 2.33. The van der Waals surface area contributed by atoms with Gasteiger partial charge < -0.3 is 14.5 Å². The zero-order valence-corrected chi connectivity index (χ0v) is 13.7. The van der Waals surface area contributed by atoms with Gasteiger partial charge in [0, 0.05) is 17.6 Å². The molecule has 0 amide bonds. The summed E-state index contributed by atoms with van der Waals surface area (Å²) < 4.78 is 11.7. The van der Waals surface area contributed by atoms with Crippen LogP contribution in [0.1, 0.15) is 26.5 Å². The zero-order chi connectivity index (χ0) is 14.8. The second kappa shape index (κ2) is 5.97. The zero-order valence-electron chi connectivity index (χ0n) is 12.2. The lowest BCUT2D eigenvalue weighted by molar-refractivity contribution is 0.412. The van der Waals surface area contributed by atoms with E-state index in [2.05, 4.69) is 47.0 Å². The highest BCUT2D eigenvalue weighted by molar-refractivity contribution is 9.10.